The summed E-state index contributed by atoms with van der Waals surface area (Å²) in [5.74, 6) is -0.197. The number of ketones is 2. The van der Waals surface area contributed by atoms with Crippen LogP contribution in [0.5, 0.6) is 0 Å². The van der Waals surface area contributed by atoms with E-state index < -0.39 is 0 Å². The first-order chi connectivity index (χ1) is 5.97. The van der Waals surface area contributed by atoms with Gasteiger partial charge >= 0.3 is 0 Å². The molecule has 2 saturated carbocycles. The van der Waals surface area contributed by atoms with Crippen molar-refractivity contribution in [1.82, 2.24) is 0 Å². The van der Waals surface area contributed by atoms with Crippen LogP contribution in [0.3, 0.4) is 0 Å². The highest BCUT2D eigenvalue weighted by atomic mass is 127. The van der Waals surface area contributed by atoms with E-state index in [9.17, 15) is 9.59 Å². The molecular formula is C10H13IO2. The molecule has 2 nitrogen and oxygen atoms in total. The predicted octanol–water partition coefficient (Wildman–Crippen LogP) is 2.00. The van der Waals surface area contributed by atoms with Crippen LogP contribution in [0.1, 0.15) is 26.7 Å². The lowest BCUT2D eigenvalue weighted by Gasteiger charge is -2.33. The molecule has 0 aromatic rings. The van der Waals surface area contributed by atoms with Crippen molar-refractivity contribution in [2.24, 2.45) is 16.7 Å². The van der Waals surface area contributed by atoms with Crippen LogP contribution in [0.4, 0.5) is 0 Å². The standard InChI is InChI=1S/C10H13IO2/c1-9-4-3-6(7(12)8(9)13)10(9,2)5-11/h6H,3-5H2,1-2H3/t6-,9+,10-/m0/s1. The van der Waals surface area contributed by atoms with E-state index in [-0.39, 0.29) is 28.3 Å². The molecule has 0 aliphatic heterocycles. The molecule has 0 saturated heterocycles. The molecule has 3 heteroatoms. The molecule has 2 bridgehead atoms. The lowest BCUT2D eigenvalue weighted by atomic mass is 9.70. The van der Waals surface area contributed by atoms with Crippen molar-refractivity contribution >= 4 is 34.2 Å². The van der Waals surface area contributed by atoms with Crippen molar-refractivity contribution < 1.29 is 9.59 Å². The van der Waals surface area contributed by atoms with Gasteiger partial charge in [0.1, 0.15) is 0 Å². The average molecular weight is 292 g/mol. The van der Waals surface area contributed by atoms with Gasteiger partial charge in [0.25, 0.3) is 0 Å². The van der Waals surface area contributed by atoms with Crippen molar-refractivity contribution in [2.75, 3.05) is 4.43 Å². The van der Waals surface area contributed by atoms with Crippen LogP contribution in [0.15, 0.2) is 0 Å². The summed E-state index contributed by atoms with van der Waals surface area (Å²) in [6.07, 6.45) is 1.82. The van der Waals surface area contributed by atoms with Gasteiger partial charge in [-0.2, -0.15) is 0 Å². The van der Waals surface area contributed by atoms with E-state index in [4.69, 9.17) is 0 Å². The van der Waals surface area contributed by atoms with Gasteiger partial charge in [-0.25, -0.2) is 0 Å². The van der Waals surface area contributed by atoms with Gasteiger partial charge in [-0.3, -0.25) is 9.59 Å². The number of carbonyl (C=O) groups is 2. The minimum atomic E-state index is -0.351. The van der Waals surface area contributed by atoms with Crippen LogP contribution in [0, 0.1) is 16.7 Å². The average Bonchev–Trinajstić information content (AvgIpc) is 2.44. The van der Waals surface area contributed by atoms with E-state index in [1.807, 2.05) is 6.92 Å². The third-order valence-corrected chi connectivity index (χ3v) is 5.87. The second-order valence-electron chi connectivity index (χ2n) is 4.67. The topological polar surface area (TPSA) is 34.1 Å². The minimum absolute atomic E-state index is 0.0156. The van der Waals surface area contributed by atoms with Gasteiger partial charge in [0.05, 0.1) is 0 Å². The Balaban J connectivity index is 2.55. The summed E-state index contributed by atoms with van der Waals surface area (Å²) in [4.78, 5) is 23.3. The molecule has 72 valence electrons. The quantitative estimate of drug-likeness (QED) is 0.421. The molecule has 13 heavy (non-hydrogen) atoms. The van der Waals surface area contributed by atoms with Gasteiger partial charge in [0.15, 0.2) is 0 Å². The monoisotopic (exact) mass is 292 g/mol. The normalized spacial score (nSPS) is 49.0. The fraction of sp³-hybridized carbons (Fsp3) is 0.800. The predicted molar refractivity (Wildman–Crippen MR) is 57.8 cm³/mol. The molecule has 0 aromatic carbocycles. The molecule has 0 heterocycles. The second kappa shape index (κ2) is 2.55. The van der Waals surface area contributed by atoms with Crippen molar-refractivity contribution in [3.8, 4) is 0 Å². The Morgan fingerprint density at radius 1 is 1.46 bits per heavy atom. The largest absolute Gasteiger partial charge is 0.291 e. The fourth-order valence-electron chi connectivity index (χ4n) is 2.89. The van der Waals surface area contributed by atoms with Crippen LogP contribution < -0.4 is 0 Å². The molecule has 0 radical (unpaired) electrons. The highest BCUT2D eigenvalue weighted by Gasteiger charge is 2.67. The molecule has 2 aliphatic carbocycles. The molecule has 0 amide bonds. The van der Waals surface area contributed by atoms with Crippen LogP contribution in [0.2, 0.25) is 0 Å². The Morgan fingerprint density at radius 3 is 2.38 bits per heavy atom. The Hall–Kier alpha value is 0.0700. The Morgan fingerprint density at radius 2 is 2.08 bits per heavy atom. The Kier molecular flexibility index (Phi) is 1.89. The zero-order valence-corrected chi connectivity index (χ0v) is 10.1. The number of halogens is 1. The van der Waals surface area contributed by atoms with Gasteiger partial charge in [0.2, 0.25) is 11.6 Å². The van der Waals surface area contributed by atoms with Gasteiger partial charge in [-0.15, -0.1) is 0 Å². The molecule has 0 aromatic heterocycles. The molecule has 0 spiro atoms. The third-order valence-electron chi connectivity index (χ3n) is 4.28. The van der Waals surface area contributed by atoms with Crippen LogP contribution in [-0.2, 0) is 9.59 Å². The Bertz CT molecular complexity index is 299. The summed E-state index contributed by atoms with van der Waals surface area (Å²) in [6.45, 7) is 4.07. The first-order valence-corrected chi connectivity index (χ1v) is 6.14. The highest BCUT2D eigenvalue weighted by molar-refractivity contribution is 14.1. The van der Waals surface area contributed by atoms with Crippen LogP contribution >= 0.6 is 22.6 Å². The SMILES string of the molecule is C[C@]1(CI)[C@H]2CC[C@]1(C)C(=O)C2=O. The number of hydrogen-bond donors (Lipinski definition) is 0. The molecule has 0 unspecified atom stereocenters. The first kappa shape index (κ1) is 9.62. The summed E-state index contributed by atoms with van der Waals surface area (Å²) < 4.78 is 0.906. The maximum Gasteiger partial charge on any atom is 0.205 e. The summed E-state index contributed by atoms with van der Waals surface area (Å²) in [5, 5.41) is 0. The molecule has 2 fully saturated rings. The van der Waals surface area contributed by atoms with Gasteiger partial charge in [0, 0.05) is 15.8 Å². The van der Waals surface area contributed by atoms with Crippen molar-refractivity contribution in [3.05, 3.63) is 0 Å². The summed E-state index contributed by atoms with van der Waals surface area (Å²) in [6, 6.07) is 0. The van der Waals surface area contributed by atoms with E-state index >= 15 is 0 Å². The van der Waals surface area contributed by atoms with E-state index in [1.165, 1.54) is 0 Å². The van der Waals surface area contributed by atoms with Gasteiger partial charge in [-0.05, 0) is 18.3 Å². The highest BCUT2D eigenvalue weighted by Crippen LogP contribution is 2.62. The van der Waals surface area contributed by atoms with Crippen molar-refractivity contribution in [1.29, 1.82) is 0 Å². The first-order valence-electron chi connectivity index (χ1n) is 4.62. The Labute approximate surface area is 91.6 Å². The molecule has 3 atom stereocenters. The lowest BCUT2D eigenvalue weighted by molar-refractivity contribution is -0.141. The number of rotatable bonds is 1. The minimum Gasteiger partial charge on any atom is -0.291 e. The summed E-state index contributed by atoms with van der Waals surface area (Å²) in [7, 11) is 0. The number of hydrogen-bond acceptors (Lipinski definition) is 2. The van der Waals surface area contributed by atoms with Crippen LogP contribution in [0.25, 0.3) is 0 Å². The molecule has 2 rings (SSSR count). The van der Waals surface area contributed by atoms with E-state index in [1.54, 1.807) is 0 Å². The maximum atomic E-state index is 11.7. The van der Waals surface area contributed by atoms with Crippen molar-refractivity contribution in [3.63, 3.8) is 0 Å². The smallest absolute Gasteiger partial charge is 0.205 e. The molecular weight excluding hydrogens is 279 g/mol. The summed E-state index contributed by atoms with van der Waals surface area (Å²) in [5.41, 5.74) is -0.419. The molecule has 2 aliphatic rings. The van der Waals surface area contributed by atoms with E-state index in [2.05, 4.69) is 29.5 Å². The molecule has 0 N–H and O–H groups in total. The number of fused-ring (bicyclic) bond motifs is 2. The van der Waals surface area contributed by atoms with E-state index in [0.29, 0.717) is 0 Å². The lowest BCUT2D eigenvalue weighted by Crippen LogP contribution is -2.36. The third kappa shape index (κ3) is 0.845. The number of Topliss-reactive ketones (excluding diaryl/α,β-unsaturated/α-hetero) is 2. The second-order valence-corrected chi connectivity index (χ2v) is 5.43. The zero-order valence-electron chi connectivity index (χ0n) is 7.89. The fourth-order valence-corrected chi connectivity index (χ4v) is 4.26. The van der Waals surface area contributed by atoms with Crippen LogP contribution in [-0.4, -0.2) is 16.0 Å². The van der Waals surface area contributed by atoms with E-state index in [0.717, 1.165) is 17.3 Å². The number of alkyl halides is 1. The maximum absolute atomic E-state index is 11.7. The number of carbonyl (C=O) groups excluding carboxylic acids is 2. The summed E-state index contributed by atoms with van der Waals surface area (Å²) >= 11 is 2.30. The van der Waals surface area contributed by atoms with Crippen molar-refractivity contribution in [2.45, 2.75) is 26.7 Å². The van der Waals surface area contributed by atoms with Gasteiger partial charge < -0.3 is 0 Å². The van der Waals surface area contributed by atoms with Gasteiger partial charge in [-0.1, -0.05) is 36.4 Å². The zero-order chi connectivity index (χ0) is 9.85.